The number of methoxy groups -OCH3 is 1. The maximum atomic E-state index is 5.81. The van der Waals surface area contributed by atoms with Gasteiger partial charge in [-0.25, -0.2) is 0 Å². The fourth-order valence-corrected chi connectivity index (χ4v) is 1.40. The van der Waals surface area contributed by atoms with Crippen LogP contribution in [0.5, 0.6) is 5.88 Å². The summed E-state index contributed by atoms with van der Waals surface area (Å²) in [6, 6.07) is 5.58. The normalized spacial score (nSPS) is 10.5. The van der Waals surface area contributed by atoms with E-state index in [1.54, 1.807) is 7.11 Å². The first-order valence-corrected chi connectivity index (χ1v) is 3.93. The number of benzene rings is 1. The summed E-state index contributed by atoms with van der Waals surface area (Å²) in [6.45, 7) is 0. The Bertz CT molecular complexity index is 447. The van der Waals surface area contributed by atoms with Crippen LogP contribution in [-0.4, -0.2) is 12.1 Å². The van der Waals surface area contributed by atoms with Crippen molar-refractivity contribution in [2.45, 2.75) is 0 Å². The van der Waals surface area contributed by atoms with Gasteiger partial charge in [0.25, 0.3) is 0 Å². The average Bonchev–Trinajstić information content (AvgIpc) is 2.45. The number of nitrogen functional groups attached to an aromatic ring is 2. The number of fused-ring (bicyclic) bond motifs is 1. The Morgan fingerprint density at radius 2 is 2.08 bits per heavy atom. The van der Waals surface area contributed by atoms with E-state index in [1.807, 2.05) is 18.2 Å². The number of aromatic nitrogens is 1. The number of aromatic amines is 1. The molecule has 4 heteroatoms. The largest absolute Gasteiger partial charge is 0.481 e. The number of nitrogens with one attached hydrogen (secondary N) is 1. The second kappa shape index (κ2) is 2.58. The molecule has 13 heavy (non-hydrogen) atoms. The van der Waals surface area contributed by atoms with Crippen LogP contribution in [0.3, 0.4) is 0 Å². The summed E-state index contributed by atoms with van der Waals surface area (Å²) in [4.78, 5) is 3.01. The van der Waals surface area contributed by atoms with E-state index in [2.05, 4.69) is 4.98 Å². The van der Waals surface area contributed by atoms with E-state index in [0.29, 0.717) is 17.3 Å². The molecule has 0 aliphatic rings. The molecule has 0 unspecified atom stereocenters. The zero-order valence-corrected chi connectivity index (χ0v) is 7.29. The van der Waals surface area contributed by atoms with Crippen molar-refractivity contribution in [1.29, 1.82) is 0 Å². The number of anilines is 2. The molecular weight excluding hydrogens is 166 g/mol. The van der Waals surface area contributed by atoms with Gasteiger partial charge in [-0.1, -0.05) is 12.1 Å². The predicted octanol–water partition coefficient (Wildman–Crippen LogP) is 1.34. The van der Waals surface area contributed by atoms with Crippen molar-refractivity contribution >= 4 is 22.3 Å². The Hall–Kier alpha value is -1.84. The lowest BCUT2D eigenvalue weighted by molar-refractivity contribution is 0.403. The van der Waals surface area contributed by atoms with Gasteiger partial charge in [0, 0.05) is 5.39 Å². The fraction of sp³-hybridized carbons (Fsp3) is 0.111. The molecule has 0 atom stereocenters. The average molecular weight is 177 g/mol. The number of H-pyrrole nitrogens is 1. The molecule has 1 aromatic heterocycles. The van der Waals surface area contributed by atoms with Gasteiger partial charge in [0.1, 0.15) is 5.69 Å². The molecule has 2 rings (SSSR count). The van der Waals surface area contributed by atoms with Gasteiger partial charge in [-0.2, -0.15) is 0 Å². The summed E-state index contributed by atoms with van der Waals surface area (Å²) >= 11 is 0. The minimum atomic E-state index is 0.563. The van der Waals surface area contributed by atoms with E-state index >= 15 is 0 Å². The molecule has 0 amide bonds. The SMILES string of the molecule is COc1[nH]c2c(N)cccc2c1N. The number of rotatable bonds is 1. The molecule has 68 valence electrons. The predicted molar refractivity (Wildman–Crippen MR) is 53.7 cm³/mol. The fourth-order valence-electron chi connectivity index (χ4n) is 1.40. The summed E-state index contributed by atoms with van der Waals surface area (Å²) in [5.41, 5.74) is 13.7. The van der Waals surface area contributed by atoms with Crippen LogP contribution in [0.1, 0.15) is 0 Å². The first-order chi connectivity index (χ1) is 6.24. The standard InChI is InChI=1S/C9H11N3O/c1-13-9-7(11)5-3-2-4-6(10)8(5)12-9/h2-4,12H,10-11H2,1H3. The molecule has 5 N–H and O–H groups in total. The third kappa shape index (κ3) is 0.989. The van der Waals surface area contributed by atoms with Gasteiger partial charge in [-0.15, -0.1) is 0 Å². The van der Waals surface area contributed by atoms with Gasteiger partial charge in [0.05, 0.1) is 18.3 Å². The highest BCUT2D eigenvalue weighted by Gasteiger charge is 2.09. The van der Waals surface area contributed by atoms with Crippen LogP contribution in [-0.2, 0) is 0 Å². The molecule has 2 aromatic rings. The topological polar surface area (TPSA) is 77.1 Å². The lowest BCUT2D eigenvalue weighted by Gasteiger charge is -1.94. The second-order valence-corrected chi connectivity index (χ2v) is 2.84. The second-order valence-electron chi connectivity index (χ2n) is 2.84. The van der Waals surface area contributed by atoms with Crippen molar-refractivity contribution in [1.82, 2.24) is 4.98 Å². The van der Waals surface area contributed by atoms with Crippen LogP contribution in [0.25, 0.3) is 10.9 Å². The number of hydrogen-bond donors (Lipinski definition) is 3. The maximum Gasteiger partial charge on any atom is 0.215 e. The molecular formula is C9H11N3O. The molecule has 0 spiro atoms. The highest BCUT2D eigenvalue weighted by molar-refractivity contribution is 6.00. The number of para-hydroxylation sites is 1. The Morgan fingerprint density at radius 3 is 2.69 bits per heavy atom. The smallest absolute Gasteiger partial charge is 0.215 e. The van der Waals surface area contributed by atoms with E-state index in [1.165, 1.54) is 0 Å². The number of nitrogens with two attached hydrogens (primary N) is 2. The van der Waals surface area contributed by atoms with Gasteiger partial charge in [0.15, 0.2) is 0 Å². The van der Waals surface area contributed by atoms with Crippen molar-refractivity contribution in [2.75, 3.05) is 18.6 Å². The van der Waals surface area contributed by atoms with Crippen molar-refractivity contribution in [2.24, 2.45) is 0 Å². The van der Waals surface area contributed by atoms with Crippen molar-refractivity contribution in [3.63, 3.8) is 0 Å². The Balaban J connectivity index is 2.83. The third-order valence-corrected chi connectivity index (χ3v) is 2.07. The number of ether oxygens (including phenoxy) is 1. The molecule has 4 nitrogen and oxygen atoms in total. The van der Waals surface area contributed by atoms with E-state index in [-0.39, 0.29) is 0 Å². The van der Waals surface area contributed by atoms with Crippen LogP contribution in [0.15, 0.2) is 18.2 Å². The molecule has 0 fully saturated rings. The van der Waals surface area contributed by atoms with Crippen LogP contribution in [0.2, 0.25) is 0 Å². The van der Waals surface area contributed by atoms with E-state index in [4.69, 9.17) is 16.2 Å². The van der Waals surface area contributed by atoms with Crippen molar-refractivity contribution in [3.8, 4) is 5.88 Å². The van der Waals surface area contributed by atoms with E-state index in [9.17, 15) is 0 Å². The first-order valence-electron chi connectivity index (χ1n) is 3.93. The molecule has 1 heterocycles. The summed E-state index contributed by atoms with van der Waals surface area (Å²) in [6.07, 6.45) is 0. The lowest BCUT2D eigenvalue weighted by atomic mass is 10.2. The minimum absolute atomic E-state index is 0.563. The number of hydrogen-bond acceptors (Lipinski definition) is 3. The third-order valence-electron chi connectivity index (χ3n) is 2.07. The quantitative estimate of drug-likeness (QED) is 0.575. The van der Waals surface area contributed by atoms with Crippen molar-refractivity contribution in [3.05, 3.63) is 18.2 Å². The summed E-state index contributed by atoms with van der Waals surface area (Å²) < 4.78 is 5.05. The molecule has 1 aromatic carbocycles. The zero-order chi connectivity index (χ0) is 9.42. The molecule has 0 aliphatic carbocycles. The van der Waals surface area contributed by atoms with Crippen molar-refractivity contribution < 1.29 is 4.74 Å². The van der Waals surface area contributed by atoms with Gasteiger partial charge in [-0.05, 0) is 6.07 Å². The molecule has 0 aliphatic heterocycles. The van der Waals surface area contributed by atoms with Crippen LogP contribution in [0, 0.1) is 0 Å². The first kappa shape index (κ1) is 7.79. The molecule has 0 saturated heterocycles. The van der Waals surface area contributed by atoms with Gasteiger partial charge in [0.2, 0.25) is 5.88 Å². The summed E-state index contributed by atoms with van der Waals surface area (Å²) in [5.74, 6) is 0.563. The van der Waals surface area contributed by atoms with Gasteiger partial charge < -0.3 is 21.2 Å². The van der Waals surface area contributed by atoms with E-state index in [0.717, 1.165) is 10.9 Å². The molecule has 0 saturated carbocycles. The summed E-state index contributed by atoms with van der Waals surface area (Å²) in [7, 11) is 1.57. The molecule has 0 bridgehead atoms. The minimum Gasteiger partial charge on any atom is -0.481 e. The highest BCUT2D eigenvalue weighted by atomic mass is 16.5. The van der Waals surface area contributed by atoms with Crippen LogP contribution in [0.4, 0.5) is 11.4 Å². The van der Waals surface area contributed by atoms with Crippen LogP contribution >= 0.6 is 0 Å². The Kier molecular flexibility index (Phi) is 1.55. The van der Waals surface area contributed by atoms with Gasteiger partial charge >= 0.3 is 0 Å². The highest BCUT2D eigenvalue weighted by Crippen LogP contribution is 2.32. The maximum absolute atomic E-state index is 5.81. The monoisotopic (exact) mass is 177 g/mol. The van der Waals surface area contributed by atoms with Crippen LogP contribution < -0.4 is 16.2 Å². The molecule has 0 radical (unpaired) electrons. The zero-order valence-electron chi connectivity index (χ0n) is 7.29. The van der Waals surface area contributed by atoms with Gasteiger partial charge in [-0.3, -0.25) is 0 Å². The van der Waals surface area contributed by atoms with E-state index < -0.39 is 0 Å². The Labute approximate surface area is 75.5 Å². The Morgan fingerprint density at radius 1 is 1.31 bits per heavy atom. The summed E-state index contributed by atoms with van der Waals surface area (Å²) in [5, 5.41) is 0.900. The lowest BCUT2D eigenvalue weighted by Crippen LogP contribution is -1.88.